The molecule has 0 aliphatic carbocycles. The lowest BCUT2D eigenvalue weighted by atomic mass is 10.0. The second-order valence-corrected chi connectivity index (χ2v) is 10.1. The van der Waals surface area contributed by atoms with E-state index in [1.807, 2.05) is 86.6 Å². The molecule has 0 aliphatic heterocycles. The quantitative estimate of drug-likeness (QED) is 0.339. The molecule has 0 aliphatic rings. The smallest absolute Gasteiger partial charge is 0.243 e. The zero-order valence-corrected chi connectivity index (χ0v) is 21.9. The number of amides is 2. The maximum absolute atomic E-state index is 13.7. The van der Waals surface area contributed by atoms with Crippen LogP contribution >= 0.6 is 27.5 Å². The normalized spacial score (nSPS) is 11.8. The Labute approximate surface area is 215 Å². The summed E-state index contributed by atoms with van der Waals surface area (Å²) in [7, 11) is 0. The molecule has 0 saturated carbocycles. The highest BCUT2D eigenvalue weighted by atomic mass is 79.9. The molecule has 3 rings (SSSR count). The van der Waals surface area contributed by atoms with Crippen molar-refractivity contribution in [3.8, 4) is 0 Å². The average Bonchev–Trinajstić information content (AvgIpc) is 2.82. The number of rotatable bonds is 10. The third-order valence-electron chi connectivity index (χ3n) is 5.50. The lowest BCUT2D eigenvalue weighted by Crippen LogP contribution is -2.51. The van der Waals surface area contributed by atoms with E-state index in [-0.39, 0.29) is 18.2 Å². The molecule has 3 aromatic carbocycles. The van der Waals surface area contributed by atoms with Crippen molar-refractivity contribution < 1.29 is 9.59 Å². The van der Waals surface area contributed by atoms with Crippen molar-refractivity contribution in [2.45, 2.75) is 39.3 Å². The molecule has 0 heterocycles. The number of benzene rings is 3. The Kier molecular flexibility index (Phi) is 9.73. The van der Waals surface area contributed by atoms with Crippen molar-refractivity contribution in [3.63, 3.8) is 0 Å². The molecule has 0 radical (unpaired) electrons. The summed E-state index contributed by atoms with van der Waals surface area (Å²) in [6.45, 7) is 4.96. The van der Waals surface area contributed by atoms with Crippen LogP contribution in [-0.2, 0) is 29.0 Å². The third kappa shape index (κ3) is 7.71. The summed E-state index contributed by atoms with van der Waals surface area (Å²) >= 11 is 9.87. The topological polar surface area (TPSA) is 49.4 Å². The predicted molar refractivity (Wildman–Crippen MR) is 142 cm³/mol. The van der Waals surface area contributed by atoms with Crippen LogP contribution in [0.25, 0.3) is 0 Å². The molecule has 1 atom stereocenters. The number of halogens is 2. The standard InChI is InChI=1S/C28H30BrClN2O2/c1-20(2)18-31-28(34)26(16-21-9-4-3-5-10-21)32(19-22-11-8-13-24(29)15-22)27(33)17-23-12-6-7-14-25(23)30/h3-15,20,26H,16-19H2,1-2H3,(H,31,34). The Hall–Kier alpha value is -2.63. The summed E-state index contributed by atoms with van der Waals surface area (Å²) in [6, 6.07) is 24.3. The van der Waals surface area contributed by atoms with Crippen molar-refractivity contribution >= 4 is 39.3 Å². The van der Waals surface area contributed by atoms with E-state index >= 15 is 0 Å². The molecule has 0 aromatic heterocycles. The van der Waals surface area contributed by atoms with Gasteiger partial charge in [0, 0.05) is 29.0 Å². The summed E-state index contributed by atoms with van der Waals surface area (Å²) in [5.41, 5.74) is 2.68. The minimum absolute atomic E-state index is 0.121. The minimum atomic E-state index is -0.657. The zero-order chi connectivity index (χ0) is 24.5. The van der Waals surface area contributed by atoms with Gasteiger partial charge in [-0.3, -0.25) is 9.59 Å². The van der Waals surface area contributed by atoms with E-state index in [0.717, 1.165) is 21.2 Å². The van der Waals surface area contributed by atoms with Gasteiger partial charge >= 0.3 is 0 Å². The molecule has 1 N–H and O–H groups in total. The second kappa shape index (κ2) is 12.7. The monoisotopic (exact) mass is 540 g/mol. The molecule has 3 aromatic rings. The van der Waals surface area contributed by atoms with E-state index in [0.29, 0.717) is 30.5 Å². The second-order valence-electron chi connectivity index (χ2n) is 8.76. The molecule has 0 fully saturated rings. The zero-order valence-electron chi connectivity index (χ0n) is 19.5. The van der Waals surface area contributed by atoms with E-state index < -0.39 is 6.04 Å². The first kappa shape index (κ1) is 26.0. The SMILES string of the molecule is CC(C)CNC(=O)C(Cc1ccccc1)N(Cc1cccc(Br)c1)C(=O)Cc1ccccc1Cl. The van der Waals surface area contributed by atoms with E-state index in [1.54, 1.807) is 11.0 Å². The van der Waals surface area contributed by atoms with E-state index in [1.165, 1.54) is 0 Å². The Balaban J connectivity index is 1.97. The first-order chi connectivity index (χ1) is 16.3. The van der Waals surface area contributed by atoms with Crippen molar-refractivity contribution in [3.05, 3.63) is 105 Å². The Morgan fingerprint density at radius 1 is 0.941 bits per heavy atom. The molecule has 2 amide bonds. The molecule has 1 unspecified atom stereocenters. The van der Waals surface area contributed by atoms with Crippen LogP contribution in [0.4, 0.5) is 0 Å². The summed E-state index contributed by atoms with van der Waals surface area (Å²) in [4.78, 5) is 28.8. The van der Waals surface area contributed by atoms with Gasteiger partial charge < -0.3 is 10.2 Å². The van der Waals surface area contributed by atoms with Crippen molar-refractivity contribution in [1.29, 1.82) is 0 Å². The molecule has 6 heteroatoms. The highest BCUT2D eigenvalue weighted by Gasteiger charge is 2.30. The molecular weight excluding hydrogens is 512 g/mol. The number of carbonyl (C=O) groups is 2. The summed E-state index contributed by atoms with van der Waals surface area (Å²) in [6.07, 6.45) is 0.545. The van der Waals surface area contributed by atoms with Gasteiger partial charge in [0.15, 0.2) is 0 Å². The van der Waals surface area contributed by atoms with Gasteiger partial charge in [0.05, 0.1) is 6.42 Å². The fraction of sp³-hybridized carbons (Fsp3) is 0.286. The lowest BCUT2D eigenvalue weighted by Gasteiger charge is -2.32. The van der Waals surface area contributed by atoms with Crippen LogP contribution in [0.15, 0.2) is 83.3 Å². The maximum Gasteiger partial charge on any atom is 0.243 e. The molecule has 178 valence electrons. The highest BCUT2D eigenvalue weighted by molar-refractivity contribution is 9.10. The molecule has 34 heavy (non-hydrogen) atoms. The van der Waals surface area contributed by atoms with Crippen LogP contribution < -0.4 is 5.32 Å². The van der Waals surface area contributed by atoms with Gasteiger partial charge in [0.25, 0.3) is 0 Å². The van der Waals surface area contributed by atoms with Crippen LogP contribution in [0.5, 0.6) is 0 Å². The van der Waals surface area contributed by atoms with Gasteiger partial charge in [-0.25, -0.2) is 0 Å². The van der Waals surface area contributed by atoms with Crippen molar-refractivity contribution in [2.75, 3.05) is 6.54 Å². The Morgan fingerprint density at radius 2 is 1.62 bits per heavy atom. The van der Waals surface area contributed by atoms with Crippen molar-refractivity contribution in [1.82, 2.24) is 10.2 Å². The Bertz CT molecular complexity index is 1100. The molecule has 0 bridgehead atoms. The summed E-state index contributed by atoms with van der Waals surface area (Å²) in [5, 5.41) is 3.59. The third-order valence-corrected chi connectivity index (χ3v) is 6.36. The molecule has 0 saturated heterocycles. The van der Waals surface area contributed by atoms with Gasteiger partial charge in [-0.2, -0.15) is 0 Å². The molecular formula is C28H30BrClN2O2. The van der Waals surface area contributed by atoms with Crippen LogP contribution in [0.1, 0.15) is 30.5 Å². The Morgan fingerprint density at radius 3 is 2.29 bits per heavy atom. The van der Waals surface area contributed by atoms with Gasteiger partial charge in [-0.05, 0) is 40.8 Å². The molecule has 0 spiro atoms. The van der Waals surface area contributed by atoms with Gasteiger partial charge in [-0.1, -0.05) is 102 Å². The summed E-state index contributed by atoms with van der Waals surface area (Å²) in [5.74, 6) is 0.00689. The minimum Gasteiger partial charge on any atom is -0.354 e. The van der Waals surface area contributed by atoms with Gasteiger partial charge in [0.1, 0.15) is 6.04 Å². The van der Waals surface area contributed by atoms with Gasteiger partial charge in [-0.15, -0.1) is 0 Å². The van der Waals surface area contributed by atoms with Crippen LogP contribution in [-0.4, -0.2) is 29.3 Å². The largest absolute Gasteiger partial charge is 0.354 e. The fourth-order valence-corrected chi connectivity index (χ4v) is 4.36. The van der Waals surface area contributed by atoms with E-state index in [4.69, 9.17) is 11.6 Å². The van der Waals surface area contributed by atoms with Crippen molar-refractivity contribution in [2.24, 2.45) is 5.92 Å². The number of hydrogen-bond donors (Lipinski definition) is 1. The lowest BCUT2D eigenvalue weighted by molar-refractivity contribution is -0.140. The van der Waals surface area contributed by atoms with Crippen LogP contribution in [0.3, 0.4) is 0 Å². The van der Waals surface area contributed by atoms with E-state index in [2.05, 4.69) is 21.2 Å². The fourth-order valence-electron chi connectivity index (χ4n) is 3.71. The van der Waals surface area contributed by atoms with Crippen LogP contribution in [0, 0.1) is 5.92 Å². The number of nitrogens with zero attached hydrogens (tertiary/aromatic N) is 1. The predicted octanol–water partition coefficient (Wildman–Crippen LogP) is 6.06. The van der Waals surface area contributed by atoms with E-state index in [9.17, 15) is 9.59 Å². The highest BCUT2D eigenvalue weighted by Crippen LogP contribution is 2.21. The van der Waals surface area contributed by atoms with Crippen LogP contribution in [0.2, 0.25) is 5.02 Å². The number of nitrogens with one attached hydrogen (secondary N) is 1. The van der Waals surface area contributed by atoms with Gasteiger partial charge in [0.2, 0.25) is 11.8 Å². The number of carbonyl (C=O) groups excluding carboxylic acids is 2. The first-order valence-electron chi connectivity index (χ1n) is 11.4. The average molecular weight is 542 g/mol. The molecule has 4 nitrogen and oxygen atoms in total. The summed E-state index contributed by atoms with van der Waals surface area (Å²) < 4.78 is 0.923. The number of hydrogen-bond acceptors (Lipinski definition) is 2. The first-order valence-corrected chi connectivity index (χ1v) is 12.6. The maximum atomic E-state index is 13.7.